The monoisotopic (exact) mass is 381 g/mol. The van der Waals surface area contributed by atoms with Crippen LogP contribution in [0.3, 0.4) is 0 Å². The molecule has 0 saturated heterocycles. The van der Waals surface area contributed by atoms with E-state index in [1.54, 1.807) is 10.7 Å². The minimum atomic E-state index is -0.457. The van der Waals surface area contributed by atoms with Gasteiger partial charge in [-0.15, -0.1) is 5.10 Å². The predicted molar refractivity (Wildman–Crippen MR) is 107 cm³/mol. The molecule has 1 fully saturated rings. The molecule has 148 valence electrons. The quantitative estimate of drug-likeness (QED) is 0.846. The van der Waals surface area contributed by atoms with E-state index in [0.717, 1.165) is 36.3 Å². The van der Waals surface area contributed by atoms with Crippen LogP contribution in [0.1, 0.15) is 78.9 Å². The van der Waals surface area contributed by atoms with Crippen LogP contribution in [0.15, 0.2) is 18.2 Å². The summed E-state index contributed by atoms with van der Waals surface area (Å²) in [6.45, 7) is 4.16. The van der Waals surface area contributed by atoms with Gasteiger partial charge in [0.05, 0.1) is 16.9 Å². The Kier molecular flexibility index (Phi) is 4.69. The lowest BCUT2D eigenvalue weighted by atomic mass is 9.77. The number of ketones is 1. The minimum absolute atomic E-state index is 0.0341. The van der Waals surface area contributed by atoms with E-state index in [9.17, 15) is 9.59 Å². The number of carbonyl (C=O) groups excluding carboxylic acids is 2. The van der Waals surface area contributed by atoms with Crippen LogP contribution in [-0.4, -0.2) is 32.7 Å². The first-order chi connectivity index (χ1) is 13.3. The van der Waals surface area contributed by atoms with Crippen molar-refractivity contribution in [1.29, 1.82) is 0 Å². The molecule has 1 amide bonds. The van der Waals surface area contributed by atoms with Crippen molar-refractivity contribution in [3.63, 3.8) is 0 Å². The van der Waals surface area contributed by atoms with Crippen LogP contribution in [0.5, 0.6) is 0 Å². The average Bonchev–Trinajstić information content (AvgIpc) is 3.05. The van der Waals surface area contributed by atoms with Crippen LogP contribution in [0.4, 0.5) is 5.69 Å². The number of fused-ring (bicyclic) bond motifs is 1. The molecule has 3 N–H and O–H groups in total. The van der Waals surface area contributed by atoms with Crippen LogP contribution in [-0.2, 0) is 6.42 Å². The highest BCUT2D eigenvalue weighted by Crippen LogP contribution is 2.35. The van der Waals surface area contributed by atoms with Crippen LogP contribution in [0, 0.1) is 5.41 Å². The predicted octanol–water partition coefficient (Wildman–Crippen LogP) is 3.27. The maximum atomic E-state index is 12.4. The molecule has 0 radical (unpaired) electrons. The number of hydrogen-bond donors (Lipinski definition) is 2. The fourth-order valence-corrected chi connectivity index (χ4v) is 4.38. The lowest BCUT2D eigenvalue weighted by Gasteiger charge is -2.28. The summed E-state index contributed by atoms with van der Waals surface area (Å²) in [4.78, 5) is 24.4. The summed E-state index contributed by atoms with van der Waals surface area (Å²) in [5.41, 5.74) is 8.73. The summed E-state index contributed by atoms with van der Waals surface area (Å²) in [7, 11) is 0. The lowest BCUT2D eigenvalue weighted by molar-refractivity contribution is 0.0905. The maximum Gasteiger partial charge on any atom is 0.250 e. The van der Waals surface area contributed by atoms with Crippen LogP contribution >= 0.6 is 0 Å². The number of rotatable bonds is 4. The van der Waals surface area contributed by atoms with Gasteiger partial charge in [0.25, 0.3) is 5.91 Å². The summed E-state index contributed by atoms with van der Waals surface area (Å²) in [6, 6.07) is 5.78. The van der Waals surface area contributed by atoms with Crippen molar-refractivity contribution in [2.24, 2.45) is 11.1 Å². The summed E-state index contributed by atoms with van der Waals surface area (Å²) < 4.78 is 1.73. The van der Waals surface area contributed by atoms with E-state index >= 15 is 0 Å². The molecule has 0 unspecified atom stereocenters. The SMILES string of the molecule is CC1(C)CC(=O)c2nnn(-c3ccc(C(N)=O)c(NC4CCCCC4)c3)c2C1. The van der Waals surface area contributed by atoms with E-state index in [0.29, 0.717) is 23.7 Å². The molecule has 2 aliphatic carbocycles. The van der Waals surface area contributed by atoms with Gasteiger partial charge in [0.1, 0.15) is 0 Å². The van der Waals surface area contributed by atoms with Gasteiger partial charge in [-0.2, -0.15) is 0 Å². The number of nitrogens with one attached hydrogen (secondary N) is 1. The Morgan fingerprint density at radius 1 is 1.21 bits per heavy atom. The van der Waals surface area contributed by atoms with Crippen LogP contribution in [0.25, 0.3) is 5.69 Å². The van der Waals surface area contributed by atoms with E-state index in [-0.39, 0.29) is 11.2 Å². The molecule has 7 heteroatoms. The molecular formula is C21H27N5O2. The van der Waals surface area contributed by atoms with Gasteiger partial charge in [0.2, 0.25) is 0 Å². The van der Waals surface area contributed by atoms with Crippen LogP contribution in [0.2, 0.25) is 0 Å². The number of nitrogens with zero attached hydrogens (tertiary/aromatic N) is 3. The molecule has 0 atom stereocenters. The van der Waals surface area contributed by atoms with E-state index in [4.69, 9.17) is 5.73 Å². The molecule has 0 spiro atoms. The van der Waals surface area contributed by atoms with Crippen molar-refractivity contribution in [2.45, 2.75) is 64.8 Å². The summed E-state index contributed by atoms with van der Waals surface area (Å²) >= 11 is 0. The Labute approximate surface area is 164 Å². The Bertz CT molecular complexity index is 925. The number of Topliss-reactive ketones (excluding diaryl/α,β-unsaturated/α-hetero) is 1. The topological polar surface area (TPSA) is 103 Å². The molecule has 28 heavy (non-hydrogen) atoms. The van der Waals surface area contributed by atoms with E-state index < -0.39 is 5.91 Å². The third-order valence-corrected chi connectivity index (χ3v) is 5.79. The highest BCUT2D eigenvalue weighted by molar-refractivity contribution is 5.99. The summed E-state index contributed by atoms with van der Waals surface area (Å²) in [5, 5.41) is 11.9. The zero-order chi connectivity index (χ0) is 19.9. The zero-order valence-electron chi connectivity index (χ0n) is 16.5. The largest absolute Gasteiger partial charge is 0.382 e. The van der Waals surface area contributed by atoms with Crippen molar-refractivity contribution in [1.82, 2.24) is 15.0 Å². The van der Waals surface area contributed by atoms with Crippen molar-refractivity contribution >= 4 is 17.4 Å². The number of carbonyl (C=O) groups is 2. The van der Waals surface area contributed by atoms with Gasteiger partial charge in [-0.05, 0) is 42.9 Å². The van der Waals surface area contributed by atoms with Gasteiger partial charge >= 0.3 is 0 Å². The molecule has 0 bridgehead atoms. The fraction of sp³-hybridized carbons (Fsp3) is 0.524. The highest BCUT2D eigenvalue weighted by Gasteiger charge is 2.35. The number of primary amides is 1. The molecule has 1 heterocycles. The molecule has 7 nitrogen and oxygen atoms in total. The lowest BCUT2D eigenvalue weighted by Crippen LogP contribution is -2.28. The van der Waals surface area contributed by atoms with E-state index in [1.165, 1.54) is 19.3 Å². The smallest absolute Gasteiger partial charge is 0.250 e. The number of hydrogen-bond acceptors (Lipinski definition) is 5. The van der Waals surface area contributed by atoms with Crippen LogP contribution < -0.4 is 11.1 Å². The number of anilines is 1. The van der Waals surface area contributed by atoms with Crippen molar-refractivity contribution < 1.29 is 9.59 Å². The second kappa shape index (κ2) is 7.04. The van der Waals surface area contributed by atoms with Gasteiger partial charge in [-0.25, -0.2) is 4.68 Å². The molecular weight excluding hydrogens is 354 g/mol. The Morgan fingerprint density at radius 3 is 2.68 bits per heavy atom. The highest BCUT2D eigenvalue weighted by atomic mass is 16.1. The molecule has 4 rings (SSSR count). The second-order valence-corrected chi connectivity index (χ2v) is 8.81. The third-order valence-electron chi connectivity index (χ3n) is 5.79. The van der Waals surface area contributed by atoms with Crippen molar-refractivity contribution in [3.8, 4) is 5.69 Å². The van der Waals surface area contributed by atoms with Gasteiger partial charge in [0, 0.05) is 18.2 Å². The Hall–Kier alpha value is -2.70. The fourth-order valence-electron chi connectivity index (χ4n) is 4.38. The first kappa shape index (κ1) is 18.7. The molecule has 0 aliphatic heterocycles. The summed E-state index contributed by atoms with van der Waals surface area (Å²) in [6.07, 6.45) is 7.02. The van der Waals surface area contributed by atoms with Crippen molar-refractivity contribution in [3.05, 3.63) is 35.2 Å². The van der Waals surface area contributed by atoms with Gasteiger partial charge in [-0.3, -0.25) is 9.59 Å². The van der Waals surface area contributed by atoms with Crippen molar-refractivity contribution in [2.75, 3.05) is 5.32 Å². The Balaban J connectivity index is 1.72. The average molecular weight is 381 g/mol. The minimum Gasteiger partial charge on any atom is -0.382 e. The Morgan fingerprint density at radius 2 is 1.96 bits per heavy atom. The van der Waals surface area contributed by atoms with Gasteiger partial charge in [0.15, 0.2) is 11.5 Å². The first-order valence-corrected chi connectivity index (χ1v) is 10.0. The number of benzene rings is 1. The molecule has 1 aromatic carbocycles. The second-order valence-electron chi connectivity index (χ2n) is 8.81. The van der Waals surface area contributed by atoms with E-state index in [1.807, 2.05) is 12.1 Å². The molecule has 1 saturated carbocycles. The number of nitrogens with two attached hydrogens (primary N) is 1. The van der Waals surface area contributed by atoms with Gasteiger partial charge < -0.3 is 11.1 Å². The third kappa shape index (κ3) is 3.53. The molecule has 1 aromatic heterocycles. The summed E-state index contributed by atoms with van der Waals surface area (Å²) in [5.74, 6) is -0.423. The molecule has 2 aromatic rings. The maximum absolute atomic E-state index is 12.4. The van der Waals surface area contributed by atoms with E-state index in [2.05, 4.69) is 29.5 Å². The zero-order valence-corrected chi connectivity index (χ0v) is 16.5. The first-order valence-electron chi connectivity index (χ1n) is 10.0. The number of aromatic nitrogens is 3. The molecule has 2 aliphatic rings. The van der Waals surface area contributed by atoms with Gasteiger partial charge in [-0.1, -0.05) is 38.3 Å². The number of amides is 1. The normalized spacial score (nSPS) is 19.3. The standard InChI is InChI=1S/C21H27N5O2/c1-21(2)11-17-19(18(27)12-21)24-25-26(17)14-8-9-15(20(22)28)16(10-14)23-13-6-4-3-5-7-13/h8-10,13,23H,3-7,11-12H2,1-2H3,(H2,22,28).